The molecule has 0 aliphatic heterocycles. The highest BCUT2D eigenvalue weighted by molar-refractivity contribution is 7.09. The van der Waals surface area contributed by atoms with Crippen LogP contribution in [0.2, 0.25) is 0 Å². The molecule has 3 N–H and O–H groups in total. The summed E-state index contributed by atoms with van der Waals surface area (Å²) in [6, 6.07) is 0. The van der Waals surface area contributed by atoms with Gasteiger partial charge >= 0.3 is 0 Å². The predicted octanol–water partition coefficient (Wildman–Crippen LogP) is 0.601. The lowest BCUT2D eigenvalue weighted by atomic mass is 9.96. The van der Waals surface area contributed by atoms with Gasteiger partial charge in [-0.1, -0.05) is 20.8 Å². The van der Waals surface area contributed by atoms with Crippen molar-refractivity contribution in [2.24, 2.45) is 0 Å². The van der Waals surface area contributed by atoms with Gasteiger partial charge < -0.3 is 15.5 Å². The van der Waals surface area contributed by atoms with Crippen molar-refractivity contribution in [3.63, 3.8) is 0 Å². The molecule has 5 nitrogen and oxygen atoms in total. The van der Waals surface area contributed by atoms with Gasteiger partial charge in [-0.3, -0.25) is 0 Å². The van der Waals surface area contributed by atoms with E-state index in [9.17, 15) is 0 Å². The maximum Gasteiger partial charge on any atom is 0.202 e. The second-order valence-corrected chi connectivity index (χ2v) is 5.14. The van der Waals surface area contributed by atoms with Crippen LogP contribution in [0, 0.1) is 0 Å². The summed E-state index contributed by atoms with van der Waals surface area (Å²) in [5.41, 5.74) is -0.0635. The first-order chi connectivity index (χ1) is 6.93. The van der Waals surface area contributed by atoms with Gasteiger partial charge in [0.25, 0.3) is 0 Å². The Labute approximate surface area is 93.3 Å². The summed E-state index contributed by atoms with van der Waals surface area (Å²) in [7, 11) is 0. The zero-order valence-corrected chi connectivity index (χ0v) is 10.0. The summed E-state index contributed by atoms with van der Waals surface area (Å²) in [6.07, 6.45) is -0.757. The molecule has 0 aromatic carbocycles. The molecule has 1 rings (SSSR count). The molecule has 86 valence electrons. The minimum atomic E-state index is -0.757. The molecular formula is C9H17N3O2S. The van der Waals surface area contributed by atoms with E-state index in [1.807, 2.05) is 20.8 Å². The van der Waals surface area contributed by atoms with E-state index in [1.54, 1.807) is 0 Å². The highest BCUT2D eigenvalue weighted by atomic mass is 32.1. The zero-order valence-electron chi connectivity index (χ0n) is 9.19. The van der Waals surface area contributed by atoms with E-state index in [4.69, 9.17) is 10.2 Å². The van der Waals surface area contributed by atoms with Crippen LogP contribution >= 0.6 is 11.5 Å². The molecule has 0 spiro atoms. The minimum Gasteiger partial charge on any atom is -0.394 e. The fourth-order valence-corrected chi connectivity index (χ4v) is 1.63. The SMILES string of the molecule is CC(C)(C)c1nsc(NCC(O)CO)n1. The first kappa shape index (κ1) is 12.4. The third-order valence-corrected chi connectivity index (χ3v) is 2.47. The van der Waals surface area contributed by atoms with E-state index in [0.717, 1.165) is 5.82 Å². The Kier molecular flexibility index (Phi) is 4.01. The van der Waals surface area contributed by atoms with Crippen LogP contribution < -0.4 is 5.32 Å². The smallest absolute Gasteiger partial charge is 0.202 e. The standard InChI is InChI=1S/C9H17N3O2S/c1-9(2,3)7-11-8(15-12-7)10-4-6(14)5-13/h6,13-14H,4-5H2,1-3H3,(H,10,11,12). The van der Waals surface area contributed by atoms with Crippen LogP contribution in [-0.4, -0.2) is 38.8 Å². The van der Waals surface area contributed by atoms with Crippen LogP contribution in [0.15, 0.2) is 0 Å². The van der Waals surface area contributed by atoms with Crippen LogP contribution in [-0.2, 0) is 5.41 Å². The maximum atomic E-state index is 9.13. The second kappa shape index (κ2) is 4.87. The fourth-order valence-electron chi connectivity index (χ4n) is 0.870. The van der Waals surface area contributed by atoms with Crippen molar-refractivity contribution >= 4 is 16.7 Å². The molecule has 1 heterocycles. The number of aromatic nitrogens is 2. The number of nitrogens with zero attached hydrogens (tertiary/aromatic N) is 2. The molecule has 0 aliphatic rings. The first-order valence-corrected chi connectivity index (χ1v) is 5.58. The van der Waals surface area contributed by atoms with Gasteiger partial charge in [-0.15, -0.1) is 0 Å². The van der Waals surface area contributed by atoms with Crippen molar-refractivity contribution in [2.75, 3.05) is 18.5 Å². The lowest BCUT2D eigenvalue weighted by molar-refractivity contribution is 0.105. The molecule has 0 aliphatic carbocycles. The molecule has 1 unspecified atom stereocenters. The van der Waals surface area contributed by atoms with Crippen LogP contribution in [0.5, 0.6) is 0 Å². The van der Waals surface area contributed by atoms with Gasteiger partial charge in [0.1, 0.15) is 5.82 Å². The van der Waals surface area contributed by atoms with Gasteiger partial charge in [-0.25, -0.2) is 4.98 Å². The van der Waals surface area contributed by atoms with Crippen LogP contribution in [0.1, 0.15) is 26.6 Å². The molecule has 1 aromatic rings. The molecule has 1 aromatic heterocycles. The van der Waals surface area contributed by atoms with E-state index < -0.39 is 6.10 Å². The van der Waals surface area contributed by atoms with Gasteiger partial charge in [0.2, 0.25) is 5.13 Å². The van der Waals surface area contributed by atoms with E-state index in [-0.39, 0.29) is 18.6 Å². The predicted molar refractivity (Wildman–Crippen MR) is 60.2 cm³/mol. The van der Waals surface area contributed by atoms with Gasteiger partial charge in [0.05, 0.1) is 12.7 Å². The lowest BCUT2D eigenvalue weighted by Crippen LogP contribution is -2.23. The second-order valence-electron chi connectivity index (χ2n) is 4.39. The Hall–Kier alpha value is -0.720. The molecule has 15 heavy (non-hydrogen) atoms. The van der Waals surface area contributed by atoms with Crippen LogP contribution in [0.25, 0.3) is 0 Å². The van der Waals surface area contributed by atoms with Crippen molar-refractivity contribution in [1.29, 1.82) is 0 Å². The number of rotatable bonds is 4. The van der Waals surface area contributed by atoms with E-state index >= 15 is 0 Å². The Bertz CT molecular complexity index is 309. The molecular weight excluding hydrogens is 214 g/mol. The number of aliphatic hydroxyl groups excluding tert-OH is 2. The Morgan fingerprint density at radius 1 is 1.47 bits per heavy atom. The number of aliphatic hydroxyl groups is 2. The molecule has 0 saturated carbocycles. The van der Waals surface area contributed by atoms with Crippen molar-refractivity contribution in [1.82, 2.24) is 9.36 Å². The zero-order chi connectivity index (χ0) is 11.5. The maximum absolute atomic E-state index is 9.13. The lowest BCUT2D eigenvalue weighted by Gasteiger charge is -2.12. The Morgan fingerprint density at radius 3 is 2.60 bits per heavy atom. The Morgan fingerprint density at radius 2 is 2.13 bits per heavy atom. The van der Waals surface area contributed by atoms with Gasteiger partial charge in [-0.2, -0.15) is 4.37 Å². The molecule has 6 heteroatoms. The van der Waals surface area contributed by atoms with Crippen molar-refractivity contribution < 1.29 is 10.2 Å². The third-order valence-electron chi connectivity index (χ3n) is 1.80. The first-order valence-electron chi connectivity index (χ1n) is 4.80. The summed E-state index contributed by atoms with van der Waals surface area (Å²) in [6.45, 7) is 6.16. The summed E-state index contributed by atoms with van der Waals surface area (Å²) < 4.78 is 4.22. The average Bonchev–Trinajstić information content (AvgIpc) is 2.61. The molecule has 0 amide bonds. The molecule has 0 saturated heterocycles. The van der Waals surface area contributed by atoms with Crippen molar-refractivity contribution in [3.8, 4) is 0 Å². The van der Waals surface area contributed by atoms with Gasteiger partial charge in [0, 0.05) is 23.5 Å². The quantitative estimate of drug-likeness (QED) is 0.707. The number of hydrogen-bond acceptors (Lipinski definition) is 6. The molecule has 0 bridgehead atoms. The van der Waals surface area contributed by atoms with Gasteiger partial charge in [0.15, 0.2) is 0 Å². The molecule has 1 atom stereocenters. The Balaban J connectivity index is 2.54. The number of nitrogens with one attached hydrogen (secondary N) is 1. The molecule has 0 radical (unpaired) electrons. The summed E-state index contributed by atoms with van der Waals surface area (Å²) in [4.78, 5) is 4.29. The summed E-state index contributed by atoms with van der Waals surface area (Å²) in [5.74, 6) is 0.786. The highest BCUT2D eigenvalue weighted by Crippen LogP contribution is 2.22. The normalized spacial score (nSPS) is 13.9. The average molecular weight is 231 g/mol. The largest absolute Gasteiger partial charge is 0.394 e. The summed E-state index contributed by atoms with van der Waals surface area (Å²) >= 11 is 1.26. The highest BCUT2D eigenvalue weighted by Gasteiger charge is 2.19. The number of anilines is 1. The van der Waals surface area contributed by atoms with Crippen LogP contribution in [0.4, 0.5) is 5.13 Å². The molecule has 0 fully saturated rings. The van der Waals surface area contributed by atoms with Crippen molar-refractivity contribution in [3.05, 3.63) is 5.82 Å². The monoisotopic (exact) mass is 231 g/mol. The van der Waals surface area contributed by atoms with E-state index in [0.29, 0.717) is 5.13 Å². The van der Waals surface area contributed by atoms with E-state index in [1.165, 1.54) is 11.5 Å². The van der Waals surface area contributed by atoms with E-state index in [2.05, 4.69) is 14.7 Å². The third kappa shape index (κ3) is 3.73. The van der Waals surface area contributed by atoms with Crippen molar-refractivity contribution in [2.45, 2.75) is 32.3 Å². The van der Waals surface area contributed by atoms with Crippen LogP contribution in [0.3, 0.4) is 0 Å². The summed E-state index contributed by atoms with van der Waals surface area (Å²) in [5, 5.41) is 21.4. The van der Waals surface area contributed by atoms with Gasteiger partial charge in [-0.05, 0) is 0 Å². The fraction of sp³-hybridized carbons (Fsp3) is 0.778. The topological polar surface area (TPSA) is 78.3 Å². The number of hydrogen-bond donors (Lipinski definition) is 3. The minimum absolute atomic E-state index is 0.0635.